The van der Waals surface area contributed by atoms with Crippen molar-refractivity contribution in [3.05, 3.63) is 89.5 Å². The van der Waals surface area contributed by atoms with Crippen molar-refractivity contribution in [2.45, 2.75) is 25.7 Å². The van der Waals surface area contributed by atoms with Crippen LogP contribution in [0.2, 0.25) is 0 Å². The van der Waals surface area contributed by atoms with Crippen molar-refractivity contribution in [3.8, 4) is 0 Å². The molecule has 0 radical (unpaired) electrons. The van der Waals surface area contributed by atoms with E-state index in [1.165, 1.54) is 10.6 Å². The Bertz CT molecular complexity index is 1070. The van der Waals surface area contributed by atoms with Gasteiger partial charge in [-0.3, -0.25) is 0 Å². The van der Waals surface area contributed by atoms with Crippen molar-refractivity contribution < 1.29 is 8.42 Å². The standard InChI is InChI=1S/C22H22N2O2S/c1-17-10-12-22(13-11-17)27(25,26)24(21-9-5-7-19(3)15-21)16-23-20-8-4-6-18(2)14-20/h4-16H,1-3H3. The molecule has 0 heterocycles. The molecule has 138 valence electrons. The lowest BCUT2D eigenvalue weighted by molar-refractivity contribution is 0.597. The van der Waals surface area contributed by atoms with Crippen LogP contribution in [0.3, 0.4) is 0 Å². The van der Waals surface area contributed by atoms with Crippen molar-refractivity contribution in [2.24, 2.45) is 4.99 Å². The Morgan fingerprint density at radius 1 is 0.778 bits per heavy atom. The Kier molecular flexibility index (Phi) is 5.42. The first-order valence-electron chi connectivity index (χ1n) is 8.65. The number of rotatable bonds is 5. The van der Waals surface area contributed by atoms with E-state index >= 15 is 0 Å². The van der Waals surface area contributed by atoms with Gasteiger partial charge in [-0.15, -0.1) is 0 Å². The van der Waals surface area contributed by atoms with E-state index in [9.17, 15) is 8.42 Å². The van der Waals surface area contributed by atoms with Crippen LogP contribution in [0, 0.1) is 20.8 Å². The van der Waals surface area contributed by atoms with Gasteiger partial charge in [0, 0.05) is 0 Å². The molecule has 0 fully saturated rings. The van der Waals surface area contributed by atoms with Crippen molar-refractivity contribution in [1.82, 2.24) is 0 Å². The fourth-order valence-corrected chi connectivity index (χ4v) is 3.95. The van der Waals surface area contributed by atoms with E-state index in [0.717, 1.165) is 16.7 Å². The molecule has 0 spiro atoms. The van der Waals surface area contributed by atoms with Crippen molar-refractivity contribution in [3.63, 3.8) is 0 Å². The summed E-state index contributed by atoms with van der Waals surface area (Å²) in [4.78, 5) is 4.63. The van der Waals surface area contributed by atoms with Gasteiger partial charge in [0.2, 0.25) is 0 Å². The van der Waals surface area contributed by atoms with Gasteiger partial charge in [-0.05, 0) is 68.3 Å². The van der Waals surface area contributed by atoms with E-state index in [4.69, 9.17) is 0 Å². The van der Waals surface area contributed by atoms with Gasteiger partial charge in [-0.2, -0.15) is 0 Å². The van der Waals surface area contributed by atoms with E-state index in [0.29, 0.717) is 11.4 Å². The number of aliphatic imine (C=N–C) groups is 1. The third kappa shape index (κ3) is 4.44. The summed E-state index contributed by atoms with van der Waals surface area (Å²) in [5.41, 5.74) is 4.29. The van der Waals surface area contributed by atoms with Crippen molar-refractivity contribution in [2.75, 3.05) is 4.31 Å². The molecule has 0 saturated carbocycles. The molecular formula is C22H22N2O2S. The van der Waals surface area contributed by atoms with Crippen LogP contribution in [0.5, 0.6) is 0 Å². The molecule has 0 aliphatic heterocycles. The van der Waals surface area contributed by atoms with Gasteiger partial charge < -0.3 is 0 Å². The minimum Gasteiger partial charge on any atom is -0.238 e. The monoisotopic (exact) mass is 378 g/mol. The molecule has 0 N–H and O–H groups in total. The third-order valence-corrected chi connectivity index (χ3v) is 5.84. The summed E-state index contributed by atoms with van der Waals surface area (Å²) in [5.74, 6) is 0. The van der Waals surface area contributed by atoms with Crippen molar-refractivity contribution in [1.29, 1.82) is 0 Å². The molecule has 5 heteroatoms. The predicted octanol–water partition coefficient (Wildman–Crippen LogP) is 5.17. The average Bonchev–Trinajstić information content (AvgIpc) is 2.62. The van der Waals surface area contributed by atoms with Gasteiger partial charge in [-0.25, -0.2) is 17.7 Å². The fourth-order valence-electron chi connectivity index (χ4n) is 2.68. The molecule has 0 bridgehead atoms. The van der Waals surface area contributed by atoms with E-state index in [1.54, 1.807) is 30.3 Å². The molecule has 0 aliphatic rings. The molecule has 3 aromatic carbocycles. The Hall–Kier alpha value is -2.92. The lowest BCUT2D eigenvalue weighted by atomic mass is 10.2. The highest BCUT2D eigenvalue weighted by Crippen LogP contribution is 2.24. The zero-order valence-electron chi connectivity index (χ0n) is 15.6. The van der Waals surface area contributed by atoms with Crippen LogP contribution in [-0.4, -0.2) is 14.8 Å². The number of anilines is 1. The highest BCUT2D eigenvalue weighted by Gasteiger charge is 2.23. The minimum absolute atomic E-state index is 0.227. The second-order valence-electron chi connectivity index (χ2n) is 6.54. The zero-order chi connectivity index (χ0) is 19.4. The molecule has 27 heavy (non-hydrogen) atoms. The Morgan fingerprint density at radius 3 is 2.04 bits per heavy atom. The Morgan fingerprint density at radius 2 is 1.41 bits per heavy atom. The lowest BCUT2D eigenvalue weighted by Gasteiger charge is -2.20. The van der Waals surface area contributed by atoms with Gasteiger partial charge >= 0.3 is 0 Å². The minimum atomic E-state index is -3.78. The lowest BCUT2D eigenvalue weighted by Crippen LogP contribution is -2.29. The predicted molar refractivity (Wildman–Crippen MR) is 111 cm³/mol. The summed E-state index contributed by atoms with van der Waals surface area (Å²) in [5, 5.41) is 0. The molecule has 0 saturated heterocycles. The normalized spacial score (nSPS) is 11.7. The van der Waals surface area contributed by atoms with Gasteiger partial charge in [0.05, 0.1) is 16.3 Å². The average molecular weight is 378 g/mol. The molecule has 0 aromatic heterocycles. The quantitative estimate of drug-likeness (QED) is 0.454. The molecule has 3 rings (SSSR count). The molecule has 0 unspecified atom stereocenters. The SMILES string of the molecule is Cc1ccc(S(=O)(=O)N(C=Nc2cccc(C)c2)c2cccc(C)c2)cc1. The van der Waals surface area contributed by atoms with Gasteiger partial charge in [0.15, 0.2) is 0 Å². The summed E-state index contributed by atoms with van der Waals surface area (Å²) < 4.78 is 27.8. The summed E-state index contributed by atoms with van der Waals surface area (Å²) >= 11 is 0. The fraction of sp³-hybridized carbons (Fsp3) is 0.136. The third-order valence-electron chi connectivity index (χ3n) is 4.15. The first kappa shape index (κ1) is 18.9. The van der Waals surface area contributed by atoms with Crippen LogP contribution in [0.25, 0.3) is 0 Å². The molecular weight excluding hydrogens is 356 g/mol. The largest absolute Gasteiger partial charge is 0.269 e. The summed E-state index contributed by atoms with van der Waals surface area (Å²) in [6.45, 7) is 5.83. The maximum Gasteiger partial charge on any atom is 0.269 e. The van der Waals surface area contributed by atoms with E-state index < -0.39 is 10.0 Å². The number of hydrogen-bond donors (Lipinski definition) is 0. The smallest absolute Gasteiger partial charge is 0.238 e. The first-order chi connectivity index (χ1) is 12.9. The Balaban J connectivity index is 2.08. The summed E-state index contributed by atoms with van der Waals surface area (Å²) in [6, 6.07) is 21.8. The van der Waals surface area contributed by atoms with Crippen LogP contribution < -0.4 is 4.31 Å². The molecule has 0 aliphatic carbocycles. The maximum atomic E-state index is 13.3. The van der Waals surface area contributed by atoms with Gasteiger partial charge in [0.1, 0.15) is 6.34 Å². The van der Waals surface area contributed by atoms with Crippen molar-refractivity contribution >= 4 is 27.7 Å². The number of benzene rings is 3. The number of hydrogen-bond acceptors (Lipinski definition) is 3. The van der Waals surface area contributed by atoms with E-state index in [2.05, 4.69) is 4.99 Å². The summed E-state index contributed by atoms with van der Waals surface area (Å²) in [7, 11) is -3.78. The summed E-state index contributed by atoms with van der Waals surface area (Å²) in [6.07, 6.45) is 1.37. The highest BCUT2D eigenvalue weighted by molar-refractivity contribution is 7.93. The van der Waals surface area contributed by atoms with Gasteiger partial charge in [-0.1, -0.05) is 42.0 Å². The van der Waals surface area contributed by atoms with Crippen LogP contribution in [0.4, 0.5) is 11.4 Å². The Labute approximate surface area is 160 Å². The van der Waals surface area contributed by atoms with E-state index in [-0.39, 0.29) is 4.90 Å². The number of aryl methyl sites for hydroxylation is 3. The molecule has 0 atom stereocenters. The van der Waals surface area contributed by atoms with Gasteiger partial charge in [0.25, 0.3) is 10.0 Å². The van der Waals surface area contributed by atoms with Crippen LogP contribution in [0.15, 0.2) is 82.7 Å². The maximum absolute atomic E-state index is 13.3. The van der Waals surface area contributed by atoms with Crippen LogP contribution >= 0.6 is 0 Å². The van der Waals surface area contributed by atoms with Crippen LogP contribution in [0.1, 0.15) is 16.7 Å². The second-order valence-corrected chi connectivity index (χ2v) is 8.35. The topological polar surface area (TPSA) is 49.7 Å². The molecule has 3 aromatic rings. The molecule has 4 nitrogen and oxygen atoms in total. The highest BCUT2D eigenvalue weighted by atomic mass is 32.2. The second kappa shape index (κ2) is 7.76. The van der Waals surface area contributed by atoms with E-state index in [1.807, 2.05) is 63.2 Å². The molecule has 0 amide bonds. The van der Waals surface area contributed by atoms with Crippen LogP contribution in [-0.2, 0) is 10.0 Å². The number of nitrogens with zero attached hydrogens (tertiary/aromatic N) is 2. The number of sulfonamides is 1. The first-order valence-corrected chi connectivity index (χ1v) is 10.1. The zero-order valence-corrected chi connectivity index (χ0v) is 16.4.